The summed E-state index contributed by atoms with van der Waals surface area (Å²) in [5.41, 5.74) is 27.7. The quantitative estimate of drug-likeness (QED) is 0.0405. The van der Waals surface area contributed by atoms with Crippen molar-refractivity contribution < 1.29 is 43.2 Å². The molecule has 16 atom stereocenters. The Balaban J connectivity index is 0.000000147. The van der Waals surface area contributed by atoms with Gasteiger partial charge in [0.05, 0.1) is 89.2 Å². The number of nitrogens with two attached hydrogens (primary N) is 2. The number of benzene rings is 1. The van der Waals surface area contributed by atoms with Crippen LogP contribution in [0.3, 0.4) is 0 Å². The third-order valence-electron chi connectivity index (χ3n) is 28.3. The summed E-state index contributed by atoms with van der Waals surface area (Å²) in [5, 5.41) is 12.7. The number of Topliss-reactive ketones (excluding diaryl/α,β-unsaturated/α-hetero) is 1. The molecule has 6 N–H and O–H groups in total. The summed E-state index contributed by atoms with van der Waals surface area (Å²) in [6.45, 7) is 44.0. The number of aliphatic hydroxyl groups excluding tert-OH is 1. The maximum absolute atomic E-state index is 13.0. The number of amides is 1. The van der Waals surface area contributed by atoms with Crippen molar-refractivity contribution in [2.75, 3.05) is 35.5 Å². The molecule has 17 rings (SSSR count). The lowest BCUT2D eigenvalue weighted by molar-refractivity contribution is -0.125. The number of primary amides is 1. The number of pyridine rings is 6. The average Bonchev–Trinajstić information content (AvgIpc) is 0.707. The molecule has 3 saturated carbocycles. The fourth-order valence-electron chi connectivity index (χ4n) is 22.1. The summed E-state index contributed by atoms with van der Waals surface area (Å²) < 4.78 is 27.9. The third-order valence-corrected chi connectivity index (χ3v) is 34.7. The molecule has 672 valence electrons. The number of nitrogens with zero attached hydrogens (tertiary/aromatic N) is 7. The number of hydrogen-bond donors (Lipinski definition) is 4. The van der Waals surface area contributed by atoms with Gasteiger partial charge in [0.25, 0.3) is 11.1 Å². The molecule has 0 aliphatic heterocycles. The molecule has 10 aliphatic rings. The SMILES string of the molecule is C/C=C1\[C@@H]2C=C(C)CC1(C(N)=O)c1ccc(OC)nc1C2.C/C=C1\[C@@H]2C=C(C)CC1(N)c1ccc(=O)[nH]c1C2.COc1ccc(Br)c(CBr)n1.COc1ccc(Br)c(C[C@H]2C(=O)CC[C@@H](C)[C@@H]2[Si](C)(C)c2ccccc2)n1.C[C@H]1C=CC(=O)CC1.[C-]#[N+]C12C[C@@H](C)[C@@H](C)[C@H](Cc3nc(OC)ccc31)/C2=C\C.[C-]#[N+]C12C[C@@H](C)[C@@H](O)[C@H](Cc3nc(OC)ccc31)/C2=C\C. The fourth-order valence-corrected chi connectivity index (χ4v) is 28.0. The van der Waals surface area contributed by atoms with Gasteiger partial charge in [-0.1, -0.05) is 159 Å². The maximum atomic E-state index is 13.0. The number of ether oxygens (including phenoxy) is 5. The van der Waals surface area contributed by atoms with Gasteiger partial charge in [0, 0.05) is 135 Å². The Morgan fingerprint density at radius 3 is 1.57 bits per heavy atom. The standard InChI is InChI=1S/C22H28BrNO2Si.C18H22N2O.2C17H20N2O2.C15H18N2O.C7H7Br2NO.C7H10O/c1-15-10-12-20(25)17(14-19-18(23)11-13-21(24-19)26-2)22(15)27(3,4)16-8-6-5-7-9-16;1-6-14-13-9-16-15(7-8-17(20-16)21-5)18(14,19-4)10-11(2)12(13)3;1-5-12-11-8-14-13(6-7-15(19-14)21-4)17(12,18-3)9-10(2)16(11)20;1-4-12-11-7-10(2)9-17(12,16(18)20)13-5-6-15(21-3)19-14(13)8-11;1-3-11-10-6-9(2)8-15(11,16)12-4-5-14(18)17-13(12)7-10;1-11-7-3-2-5(9)6(4-8)10-7;1-6-2-4-7(8)5-3-6/h5-9,11,13,15,17,22H,10,12,14H2,1-4H3;6-8,11-13H,9-10H2,1-3,5H3;5-7,10-11,16,20H,8-9H2,1-2,4H3;4-7,11H,8-9H2,1-3H3,(H2,18,20);3-6,10H,7-8,16H2,1-2H3,(H,17,18);2-3H,4H2,1H3;2,4,6H,3,5H2,1H3/b;14-6+;12-5+;12-4+;11-3+;;/t15-,17+,22+;11-,12-,13+,18?;10-,11-,16-,17?;11-,17?;10-,15?;;6-/m11111.0/s1. The minimum Gasteiger partial charge on any atom is -0.481 e. The summed E-state index contributed by atoms with van der Waals surface area (Å²) >= 11 is 10.3. The number of rotatable bonds is 11. The van der Waals surface area contributed by atoms with Crippen molar-refractivity contribution in [2.24, 2.45) is 70.6 Å². The lowest BCUT2D eigenvalue weighted by Gasteiger charge is -2.46. The molecule has 20 nitrogen and oxygen atoms in total. The van der Waals surface area contributed by atoms with Crippen LogP contribution in [0.1, 0.15) is 184 Å². The van der Waals surface area contributed by atoms with Gasteiger partial charge in [-0.25, -0.2) is 38.1 Å². The number of carbonyl (C=O) groups excluding carboxylic acids is 3. The predicted octanol–water partition coefficient (Wildman–Crippen LogP) is 20.3. The first-order valence-corrected chi connectivity index (χ1v) is 50.1. The van der Waals surface area contributed by atoms with E-state index in [-0.39, 0.29) is 40.9 Å². The van der Waals surface area contributed by atoms with Crippen LogP contribution in [0.5, 0.6) is 29.4 Å². The van der Waals surface area contributed by atoms with Crippen LogP contribution in [-0.4, -0.2) is 102 Å². The number of carbonyl (C=O) groups is 3. The number of fused-ring (bicyclic) bond motifs is 16. The van der Waals surface area contributed by atoms with Gasteiger partial charge in [-0.15, -0.1) is 0 Å². The van der Waals surface area contributed by atoms with Crippen molar-refractivity contribution in [3.05, 3.63) is 284 Å². The molecular weight excluding hydrogens is 1800 g/mol. The van der Waals surface area contributed by atoms with Gasteiger partial charge in [0.2, 0.25) is 40.9 Å². The van der Waals surface area contributed by atoms with Gasteiger partial charge in [0.1, 0.15) is 11.2 Å². The van der Waals surface area contributed by atoms with Gasteiger partial charge >= 0.3 is 0 Å². The van der Waals surface area contributed by atoms with Crippen LogP contribution in [0.4, 0.5) is 0 Å². The number of H-pyrrole nitrogens is 1. The second-order valence-electron chi connectivity index (χ2n) is 36.2. The number of aliphatic hydroxyl groups is 1. The number of alkyl halides is 1. The molecule has 24 heteroatoms. The van der Waals surface area contributed by atoms with Crippen LogP contribution in [0.25, 0.3) is 9.69 Å². The van der Waals surface area contributed by atoms with E-state index in [1.54, 1.807) is 47.7 Å². The second-order valence-corrected chi connectivity index (χ2v) is 43.2. The van der Waals surface area contributed by atoms with Gasteiger partial charge in [-0.3, -0.25) is 19.2 Å². The first kappa shape index (κ1) is 98.1. The monoisotopic (exact) mass is 1930 g/mol. The molecule has 0 radical (unpaired) electrons. The minimum atomic E-state index is -1.83. The van der Waals surface area contributed by atoms with Crippen molar-refractivity contribution in [3.63, 3.8) is 0 Å². The second kappa shape index (κ2) is 41.9. The van der Waals surface area contributed by atoms with E-state index >= 15 is 0 Å². The highest BCUT2D eigenvalue weighted by Gasteiger charge is 2.60. The maximum Gasteiger partial charge on any atom is 0.281 e. The molecule has 127 heavy (non-hydrogen) atoms. The Bertz CT molecular complexity index is 5500. The first-order chi connectivity index (χ1) is 60.6. The van der Waals surface area contributed by atoms with E-state index in [0.29, 0.717) is 108 Å². The zero-order chi connectivity index (χ0) is 92.4. The van der Waals surface area contributed by atoms with E-state index in [1.165, 1.54) is 27.5 Å². The zero-order valence-electron chi connectivity index (χ0n) is 76.8. The van der Waals surface area contributed by atoms with Gasteiger partial charge in [-0.2, -0.15) is 0 Å². The van der Waals surface area contributed by atoms with Gasteiger partial charge in [-0.05, 0) is 218 Å². The Hall–Kier alpha value is -9.53. The van der Waals surface area contributed by atoms with Crippen molar-refractivity contribution in [2.45, 2.75) is 212 Å². The number of aromatic nitrogens is 6. The van der Waals surface area contributed by atoms with Crippen LogP contribution in [0, 0.1) is 72.3 Å². The van der Waals surface area contributed by atoms with E-state index < -0.39 is 36.2 Å². The first-order valence-electron chi connectivity index (χ1n) is 44.3. The molecule has 8 bridgehead atoms. The van der Waals surface area contributed by atoms with E-state index in [4.69, 9.17) is 48.3 Å². The smallest absolute Gasteiger partial charge is 0.281 e. The van der Waals surface area contributed by atoms with Crippen LogP contribution >= 0.6 is 47.8 Å². The van der Waals surface area contributed by atoms with E-state index in [2.05, 4.69) is 217 Å². The molecule has 1 amide bonds. The van der Waals surface area contributed by atoms with Crippen LogP contribution in [0.2, 0.25) is 18.6 Å². The fraction of sp³-hybridized carbons (Fsp3) is 0.466. The zero-order valence-corrected chi connectivity index (χ0v) is 82.6. The summed E-state index contributed by atoms with van der Waals surface area (Å²) in [7, 11) is 6.24. The van der Waals surface area contributed by atoms with E-state index in [1.807, 2.05) is 99.7 Å². The number of halogens is 3. The summed E-state index contributed by atoms with van der Waals surface area (Å²) in [6.07, 6.45) is 26.6. The predicted molar refractivity (Wildman–Crippen MR) is 516 cm³/mol. The highest BCUT2D eigenvalue weighted by atomic mass is 79.9. The molecule has 1 aromatic carbocycles. The molecule has 7 aromatic rings. The van der Waals surface area contributed by atoms with E-state index in [0.717, 1.165) is 133 Å². The van der Waals surface area contributed by atoms with Crippen molar-refractivity contribution >= 4 is 78.5 Å². The molecule has 0 saturated heterocycles. The molecule has 6 heterocycles. The average molecular weight is 1930 g/mol. The molecule has 6 aromatic heterocycles. The van der Waals surface area contributed by atoms with Crippen LogP contribution in [-0.2, 0) is 73.8 Å². The number of allylic oxidation sites excluding steroid dienone is 9. The Morgan fingerprint density at radius 1 is 0.583 bits per heavy atom. The van der Waals surface area contributed by atoms with Gasteiger partial charge in [0.15, 0.2) is 5.78 Å². The lowest BCUT2D eigenvalue weighted by atomic mass is 9.56. The molecular formula is C103H125Br3N10O10Si. The number of hydrogen-bond acceptors (Lipinski definition) is 16. The number of nitrogens with one attached hydrogen (secondary N) is 1. The summed E-state index contributed by atoms with van der Waals surface area (Å²) in [5.74, 6) is 6.81. The molecule has 10 aliphatic carbocycles. The topological polar surface area (TPSA) is 276 Å². The molecule has 4 unspecified atom stereocenters. The Labute approximate surface area is 777 Å². The van der Waals surface area contributed by atoms with Gasteiger partial charge < -0.3 is 54.9 Å². The third kappa shape index (κ3) is 20.1. The summed E-state index contributed by atoms with van der Waals surface area (Å²) in [4.78, 5) is 81.1. The normalized spacial score (nSPS) is 28.8. The molecule has 3 fully saturated rings. The van der Waals surface area contributed by atoms with Crippen molar-refractivity contribution in [1.29, 1.82) is 0 Å². The van der Waals surface area contributed by atoms with Crippen LogP contribution < -0.4 is 45.9 Å². The number of aromatic amines is 1. The number of methoxy groups -OCH3 is 5. The minimum absolute atomic E-state index is 0.0139. The summed E-state index contributed by atoms with van der Waals surface area (Å²) in [6, 6.07) is 33.3. The highest BCUT2D eigenvalue weighted by Crippen LogP contribution is 2.59. The van der Waals surface area contributed by atoms with E-state index in [9.17, 15) is 24.3 Å². The Morgan fingerprint density at radius 2 is 1.06 bits per heavy atom. The largest absolute Gasteiger partial charge is 0.481 e. The van der Waals surface area contributed by atoms with Crippen molar-refractivity contribution in [3.8, 4) is 29.4 Å². The highest BCUT2D eigenvalue weighted by molar-refractivity contribution is 9.11. The van der Waals surface area contributed by atoms with Crippen LogP contribution in [0.15, 0.2) is 199 Å². The number of ketones is 2. The molecule has 0 spiro atoms. The van der Waals surface area contributed by atoms with Crippen molar-refractivity contribution in [1.82, 2.24) is 29.9 Å². The lowest BCUT2D eigenvalue weighted by Crippen LogP contribution is -2.53. The Kier molecular flexibility index (Phi) is 32.4.